The van der Waals surface area contributed by atoms with Crippen LogP contribution in [0.4, 0.5) is 4.39 Å². The minimum absolute atomic E-state index is 0.183. The predicted molar refractivity (Wildman–Crippen MR) is 40.7 cm³/mol. The smallest absolute Gasteiger partial charge is 0.324 e. The minimum Gasteiger partial charge on any atom is -0.480 e. The van der Waals surface area contributed by atoms with Crippen molar-refractivity contribution in [3.63, 3.8) is 0 Å². The molecule has 2 heterocycles. The Hall–Kier alpha value is -0.640. The molecule has 68 valence electrons. The monoisotopic (exact) mass is 173 g/mol. The largest absolute Gasteiger partial charge is 0.480 e. The standard InChI is InChI=1S/C8H12FNO2/c9-6-4-8(7(11)12)2-1-3-10(8)5-6/h6H,1-5H2,(H,11,12)/t6-,8-/m1/s1. The third kappa shape index (κ3) is 0.874. The molecule has 0 radical (unpaired) electrons. The summed E-state index contributed by atoms with van der Waals surface area (Å²) in [6.07, 6.45) is 0.741. The first kappa shape index (κ1) is 7.98. The third-order valence-electron chi connectivity index (χ3n) is 3.00. The first-order chi connectivity index (χ1) is 5.65. The summed E-state index contributed by atoms with van der Waals surface area (Å²) in [7, 11) is 0. The summed E-state index contributed by atoms with van der Waals surface area (Å²) in [6, 6.07) is 0. The van der Waals surface area contributed by atoms with Crippen molar-refractivity contribution >= 4 is 5.97 Å². The molecule has 0 aromatic heterocycles. The van der Waals surface area contributed by atoms with Gasteiger partial charge in [0.2, 0.25) is 0 Å². The number of carboxylic acids is 1. The van der Waals surface area contributed by atoms with Gasteiger partial charge >= 0.3 is 5.97 Å². The number of nitrogens with zero attached hydrogens (tertiary/aromatic N) is 1. The summed E-state index contributed by atoms with van der Waals surface area (Å²) in [4.78, 5) is 12.7. The van der Waals surface area contributed by atoms with E-state index in [2.05, 4.69) is 0 Å². The average molecular weight is 173 g/mol. The Bertz CT molecular complexity index is 221. The quantitative estimate of drug-likeness (QED) is 0.632. The van der Waals surface area contributed by atoms with Crippen LogP contribution in [0.2, 0.25) is 0 Å². The zero-order valence-electron chi connectivity index (χ0n) is 6.79. The Morgan fingerprint density at radius 2 is 2.42 bits per heavy atom. The first-order valence-electron chi connectivity index (χ1n) is 4.28. The van der Waals surface area contributed by atoms with Gasteiger partial charge in [-0.2, -0.15) is 0 Å². The SMILES string of the molecule is O=C(O)[C@]12CCCN1C[C@H](F)C2. The average Bonchev–Trinajstić information content (AvgIpc) is 2.42. The van der Waals surface area contributed by atoms with E-state index in [4.69, 9.17) is 5.11 Å². The van der Waals surface area contributed by atoms with Crippen molar-refractivity contribution in [2.45, 2.75) is 31.0 Å². The van der Waals surface area contributed by atoms with E-state index in [1.807, 2.05) is 0 Å². The molecular formula is C8H12FNO2. The number of halogens is 1. The number of rotatable bonds is 1. The molecule has 0 aromatic rings. The van der Waals surface area contributed by atoms with E-state index >= 15 is 0 Å². The lowest BCUT2D eigenvalue weighted by Gasteiger charge is -2.25. The van der Waals surface area contributed by atoms with Crippen molar-refractivity contribution < 1.29 is 14.3 Å². The van der Waals surface area contributed by atoms with Crippen molar-refractivity contribution in [1.29, 1.82) is 0 Å². The number of carboxylic acid groups (broad SMARTS) is 1. The molecule has 0 amide bonds. The van der Waals surface area contributed by atoms with E-state index in [1.54, 1.807) is 4.90 Å². The molecule has 12 heavy (non-hydrogen) atoms. The maximum Gasteiger partial charge on any atom is 0.324 e. The molecule has 0 spiro atoms. The molecule has 2 saturated heterocycles. The van der Waals surface area contributed by atoms with E-state index in [9.17, 15) is 9.18 Å². The number of hydrogen-bond donors (Lipinski definition) is 1. The van der Waals surface area contributed by atoms with Crippen LogP contribution in [0.3, 0.4) is 0 Å². The molecule has 0 saturated carbocycles. The van der Waals surface area contributed by atoms with Crippen LogP contribution >= 0.6 is 0 Å². The number of alkyl halides is 1. The normalized spacial score (nSPS) is 41.6. The van der Waals surface area contributed by atoms with Gasteiger partial charge in [0, 0.05) is 13.0 Å². The Morgan fingerprint density at radius 1 is 1.67 bits per heavy atom. The van der Waals surface area contributed by atoms with E-state index in [0.717, 1.165) is 13.0 Å². The van der Waals surface area contributed by atoms with Gasteiger partial charge in [-0.15, -0.1) is 0 Å². The van der Waals surface area contributed by atoms with Crippen molar-refractivity contribution in [1.82, 2.24) is 4.90 Å². The van der Waals surface area contributed by atoms with E-state index in [0.29, 0.717) is 13.0 Å². The van der Waals surface area contributed by atoms with Gasteiger partial charge in [0.05, 0.1) is 0 Å². The third-order valence-corrected chi connectivity index (χ3v) is 3.00. The highest BCUT2D eigenvalue weighted by atomic mass is 19.1. The van der Waals surface area contributed by atoms with Crippen LogP contribution < -0.4 is 0 Å². The predicted octanol–water partition coefficient (Wildman–Crippen LogP) is 0.647. The molecule has 0 aliphatic carbocycles. The number of fused-ring (bicyclic) bond motifs is 1. The fourth-order valence-electron chi connectivity index (χ4n) is 2.43. The van der Waals surface area contributed by atoms with Gasteiger partial charge in [-0.3, -0.25) is 9.69 Å². The zero-order valence-corrected chi connectivity index (χ0v) is 6.79. The van der Waals surface area contributed by atoms with Gasteiger partial charge < -0.3 is 5.11 Å². The number of aliphatic carboxylic acids is 1. The van der Waals surface area contributed by atoms with Crippen molar-refractivity contribution in [2.75, 3.05) is 13.1 Å². The maximum atomic E-state index is 12.9. The summed E-state index contributed by atoms with van der Waals surface area (Å²) in [6.45, 7) is 1.05. The summed E-state index contributed by atoms with van der Waals surface area (Å²) in [5.74, 6) is -0.847. The van der Waals surface area contributed by atoms with Gasteiger partial charge in [-0.25, -0.2) is 4.39 Å². The lowest BCUT2D eigenvalue weighted by Crippen LogP contribution is -2.45. The second kappa shape index (κ2) is 2.42. The molecule has 2 fully saturated rings. The van der Waals surface area contributed by atoms with Gasteiger partial charge in [-0.1, -0.05) is 0 Å². The molecule has 4 heteroatoms. The molecule has 0 aromatic carbocycles. The van der Waals surface area contributed by atoms with E-state index in [-0.39, 0.29) is 6.42 Å². The molecule has 2 aliphatic heterocycles. The van der Waals surface area contributed by atoms with Gasteiger partial charge in [0.1, 0.15) is 11.7 Å². The second-order valence-corrected chi connectivity index (χ2v) is 3.69. The van der Waals surface area contributed by atoms with Gasteiger partial charge in [-0.05, 0) is 19.4 Å². The molecule has 1 N–H and O–H groups in total. The highest BCUT2D eigenvalue weighted by Gasteiger charge is 2.54. The molecular weight excluding hydrogens is 161 g/mol. The van der Waals surface area contributed by atoms with Crippen LogP contribution in [0.25, 0.3) is 0 Å². The molecule has 0 unspecified atom stereocenters. The molecule has 0 bridgehead atoms. The summed E-state index contributed by atoms with van der Waals surface area (Å²) < 4.78 is 12.9. The molecule has 2 atom stereocenters. The van der Waals surface area contributed by atoms with Crippen LogP contribution in [-0.2, 0) is 4.79 Å². The molecule has 2 rings (SSSR count). The first-order valence-corrected chi connectivity index (χ1v) is 4.28. The van der Waals surface area contributed by atoms with Crippen molar-refractivity contribution in [3.05, 3.63) is 0 Å². The van der Waals surface area contributed by atoms with Crippen LogP contribution in [0, 0.1) is 0 Å². The zero-order chi connectivity index (χ0) is 8.77. The second-order valence-electron chi connectivity index (χ2n) is 3.69. The van der Waals surface area contributed by atoms with E-state index < -0.39 is 17.7 Å². The van der Waals surface area contributed by atoms with Crippen molar-refractivity contribution in [3.8, 4) is 0 Å². The Morgan fingerprint density at radius 3 is 3.00 bits per heavy atom. The topological polar surface area (TPSA) is 40.5 Å². The lowest BCUT2D eigenvalue weighted by molar-refractivity contribution is -0.148. The van der Waals surface area contributed by atoms with Crippen LogP contribution in [0.1, 0.15) is 19.3 Å². The maximum absolute atomic E-state index is 12.9. The molecule has 2 aliphatic rings. The van der Waals surface area contributed by atoms with Crippen LogP contribution in [0.15, 0.2) is 0 Å². The van der Waals surface area contributed by atoms with Gasteiger partial charge in [0.15, 0.2) is 0 Å². The Kier molecular flexibility index (Phi) is 1.61. The molecule has 3 nitrogen and oxygen atoms in total. The summed E-state index contributed by atoms with van der Waals surface area (Å²) in [5.41, 5.74) is -0.848. The van der Waals surface area contributed by atoms with Crippen LogP contribution in [-0.4, -0.2) is 40.8 Å². The minimum atomic E-state index is -0.943. The fourth-order valence-corrected chi connectivity index (χ4v) is 2.43. The van der Waals surface area contributed by atoms with E-state index in [1.165, 1.54) is 0 Å². The lowest BCUT2D eigenvalue weighted by atomic mass is 9.94. The summed E-state index contributed by atoms with van der Waals surface area (Å²) >= 11 is 0. The van der Waals surface area contributed by atoms with Crippen LogP contribution in [0.5, 0.6) is 0 Å². The van der Waals surface area contributed by atoms with Crippen molar-refractivity contribution in [2.24, 2.45) is 0 Å². The fraction of sp³-hybridized carbons (Fsp3) is 0.875. The Labute approximate surface area is 70.2 Å². The number of hydrogen-bond acceptors (Lipinski definition) is 2. The highest BCUT2D eigenvalue weighted by molar-refractivity contribution is 5.79. The summed E-state index contributed by atoms with van der Waals surface area (Å²) in [5, 5.41) is 8.98. The highest BCUT2D eigenvalue weighted by Crippen LogP contribution is 2.39. The number of carbonyl (C=O) groups is 1. The van der Waals surface area contributed by atoms with Gasteiger partial charge in [0.25, 0.3) is 0 Å². The Balaban J connectivity index is 2.26.